The molecule has 0 aliphatic carbocycles. The van der Waals surface area contributed by atoms with Crippen molar-refractivity contribution in [2.24, 2.45) is 10.2 Å². The molecular weight excluding hydrogens is 337 g/mol. The Balaban J connectivity index is 0.00000208. The summed E-state index contributed by atoms with van der Waals surface area (Å²) < 4.78 is 32.6. The maximum Gasteiger partial charge on any atom is 1.00 e. The van der Waals surface area contributed by atoms with Crippen LogP contribution in [0.3, 0.4) is 0 Å². The summed E-state index contributed by atoms with van der Waals surface area (Å²) >= 11 is 0. The standard InChI is InChI=1S/C16H13N3O3S.Na/c17-15-9-10-16(14-4-2-1-3-13(14)15)19-18-11-5-7-12(8-6-11)23(20,21)22;/h1-10H,17H2,(H,20,21,22);/q;+1/p-1. The van der Waals surface area contributed by atoms with Crippen molar-refractivity contribution in [2.45, 2.75) is 4.90 Å². The van der Waals surface area contributed by atoms with Gasteiger partial charge in [-0.2, -0.15) is 5.11 Å². The fraction of sp³-hybridized carbons (Fsp3) is 0. The Kier molecular flexibility index (Phi) is 5.74. The average molecular weight is 349 g/mol. The van der Waals surface area contributed by atoms with E-state index in [1.807, 2.05) is 24.3 Å². The molecule has 6 nitrogen and oxygen atoms in total. The number of nitrogens with two attached hydrogens (primary N) is 1. The first-order valence-corrected chi connectivity index (χ1v) is 8.11. The molecule has 0 spiro atoms. The van der Waals surface area contributed by atoms with E-state index in [0.717, 1.165) is 10.8 Å². The summed E-state index contributed by atoms with van der Waals surface area (Å²) in [4.78, 5) is -0.297. The van der Waals surface area contributed by atoms with Crippen molar-refractivity contribution in [1.82, 2.24) is 0 Å². The molecule has 3 rings (SSSR count). The summed E-state index contributed by atoms with van der Waals surface area (Å²) in [5, 5.41) is 10.0. The molecule has 0 amide bonds. The molecule has 0 fully saturated rings. The summed E-state index contributed by atoms with van der Waals surface area (Å²) in [6.45, 7) is 0. The number of nitrogen functional groups attached to an aromatic ring is 1. The SMILES string of the molecule is Nc1ccc(N=Nc2ccc(S(=O)(=O)[O-])cc2)c2ccccc12.[Na+]. The predicted octanol–water partition coefficient (Wildman–Crippen LogP) is 0.745. The number of rotatable bonds is 3. The van der Waals surface area contributed by atoms with Crippen LogP contribution in [0, 0.1) is 0 Å². The molecule has 0 atom stereocenters. The molecule has 0 saturated heterocycles. The molecule has 2 N–H and O–H groups in total. The van der Waals surface area contributed by atoms with E-state index in [2.05, 4.69) is 10.2 Å². The van der Waals surface area contributed by atoms with Crippen LogP contribution in [0.15, 0.2) is 75.8 Å². The second-order valence-electron chi connectivity index (χ2n) is 4.87. The van der Waals surface area contributed by atoms with Crippen LogP contribution in [0.4, 0.5) is 17.1 Å². The van der Waals surface area contributed by atoms with Crippen LogP contribution >= 0.6 is 0 Å². The van der Waals surface area contributed by atoms with Crippen LogP contribution in [0.1, 0.15) is 0 Å². The van der Waals surface area contributed by atoms with E-state index in [0.29, 0.717) is 17.1 Å². The number of anilines is 1. The number of hydrogen-bond acceptors (Lipinski definition) is 6. The second kappa shape index (κ2) is 7.42. The first kappa shape index (κ1) is 18.6. The summed E-state index contributed by atoms with van der Waals surface area (Å²) in [7, 11) is -4.46. The van der Waals surface area contributed by atoms with Gasteiger partial charge in [0.2, 0.25) is 0 Å². The molecule has 0 aliphatic rings. The van der Waals surface area contributed by atoms with Crippen LogP contribution in [0.5, 0.6) is 0 Å². The molecule has 0 saturated carbocycles. The van der Waals surface area contributed by atoms with Crippen LogP contribution in [-0.2, 0) is 10.1 Å². The van der Waals surface area contributed by atoms with Crippen molar-refractivity contribution >= 4 is 38.0 Å². The molecular formula is C16H12N3NaO3S. The van der Waals surface area contributed by atoms with Gasteiger partial charge in [-0.3, -0.25) is 0 Å². The van der Waals surface area contributed by atoms with Gasteiger partial charge in [-0.05, 0) is 36.4 Å². The summed E-state index contributed by atoms with van der Waals surface area (Å²) in [5.74, 6) is 0. The molecule has 24 heavy (non-hydrogen) atoms. The van der Waals surface area contributed by atoms with Gasteiger partial charge in [0.05, 0.1) is 16.3 Å². The molecule has 0 heterocycles. The van der Waals surface area contributed by atoms with Gasteiger partial charge in [-0.1, -0.05) is 24.3 Å². The van der Waals surface area contributed by atoms with Crippen molar-refractivity contribution < 1.29 is 42.5 Å². The average Bonchev–Trinajstić information content (AvgIpc) is 2.54. The van der Waals surface area contributed by atoms with Crippen LogP contribution in [-0.4, -0.2) is 13.0 Å². The van der Waals surface area contributed by atoms with E-state index < -0.39 is 10.1 Å². The molecule has 3 aromatic carbocycles. The van der Waals surface area contributed by atoms with E-state index in [4.69, 9.17) is 5.73 Å². The maximum absolute atomic E-state index is 10.9. The molecule has 0 radical (unpaired) electrons. The third kappa shape index (κ3) is 4.00. The van der Waals surface area contributed by atoms with Gasteiger partial charge in [-0.15, -0.1) is 5.11 Å². The molecule has 8 heteroatoms. The Labute approximate surface area is 161 Å². The van der Waals surface area contributed by atoms with Crippen LogP contribution in [0.2, 0.25) is 0 Å². The van der Waals surface area contributed by atoms with Gasteiger partial charge in [0.25, 0.3) is 0 Å². The first-order valence-electron chi connectivity index (χ1n) is 6.70. The Bertz CT molecular complexity index is 1000. The molecule has 0 unspecified atom stereocenters. The van der Waals surface area contributed by atoms with Crippen molar-refractivity contribution in [3.8, 4) is 0 Å². The Hall–Kier alpha value is -1.77. The number of hydrogen-bond donors (Lipinski definition) is 1. The van der Waals surface area contributed by atoms with E-state index in [1.54, 1.807) is 12.1 Å². The number of benzene rings is 3. The van der Waals surface area contributed by atoms with E-state index in [1.165, 1.54) is 24.3 Å². The number of nitrogens with zero attached hydrogens (tertiary/aromatic N) is 2. The minimum absolute atomic E-state index is 0. The second-order valence-corrected chi connectivity index (χ2v) is 6.25. The Morgan fingerprint density at radius 1 is 0.833 bits per heavy atom. The third-order valence-corrected chi connectivity index (χ3v) is 4.18. The zero-order valence-corrected chi connectivity index (χ0v) is 15.7. The molecule has 0 aromatic heterocycles. The quantitative estimate of drug-likeness (QED) is 0.326. The fourth-order valence-corrected chi connectivity index (χ4v) is 2.65. The molecule has 116 valence electrons. The first-order chi connectivity index (χ1) is 10.9. The van der Waals surface area contributed by atoms with Crippen LogP contribution in [0.25, 0.3) is 10.8 Å². The van der Waals surface area contributed by atoms with Gasteiger partial charge < -0.3 is 10.3 Å². The van der Waals surface area contributed by atoms with Crippen molar-refractivity contribution in [3.05, 3.63) is 60.7 Å². The number of azo groups is 1. The monoisotopic (exact) mass is 349 g/mol. The van der Waals surface area contributed by atoms with Gasteiger partial charge >= 0.3 is 29.6 Å². The smallest absolute Gasteiger partial charge is 0.744 e. The predicted molar refractivity (Wildman–Crippen MR) is 86.9 cm³/mol. The summed E-state index contributed by atoms with van der Waals surface area (Å²) in [5.41, 5.74) is 7.68. The minimum Gasteiger partial charge on any atom is -0.744 e. The maximum atomic E-state index is 10.9. The molecule has 3 aromatic rings. The Morgan fingerprint density at radius 3 is 2.08 bits per heavy atom. The van der Waals surface area contributed by atoms with Crippen molar-refractivity contribution in [1.29, 1.82) is 0 Å². The normalized spacial score (nSPS) is 11.5. The van der Waals surface area contributed by atoms with Crippen molar-refractivity contribution in [2.75, 3.05) is 5.73 Å². The fourth-order valence-electron chi connectivity index (χ4n) is 2.18. The Morgan fingerprint density at radius 2 is 1.46 bits per heavy atom. The topological polar surface area (TPSA) is 108 Å². The zero-order chi connectivity index (χ0) is 16.4. The summed E-state index contributed by atoms with van der Waals surface area (Å²) in [6, 6.07) is 16.3. The zero-order valence-electron chi connectivity index (χ0n) is 12.9. The minimum atomic E-state index is -4.46. The molecule has 0 bridgehead atoms. The third-order valence-electron chi connectivity index (χ3n) is 3.33. The van der Waals surface area contributed by atoms with Crippen LogP contribution < -0.4 is 35.3 Å². The number of fused-ring (bicyclic) bond motifs is 1. The van der Waals surface area contributed by atoms with E-state index >= 15 is 0 Å². The van der Waals surface area contributed by atoms with Gasteiger partial charge in [0.15, 0.2) is 0 Å². The van der Waals surface area contributed by atoms with Gasteiger partial charge in [0, 0.05) is 16.5 Å². The largest absolute Gasteiger partial charge is 1.00 e. The van der Waals surface area contributed by atoms with Gasteiger partial charge in [0.1, 0.15) is 10.1 Å². The molecule has 0 aliphatic heterocycles. The van der Waals surface area contributed by atoms with E-state index in [-0.39, 0.29) is 34.5 Å². The van der Waals surface area contributed by atoms with Gasteiger partial charge in [-0.25, -0.2) is 8.42 Å². The summed E-state index contributed by atoms with van der Waals surface area (Å²) in [6.07, 6.45) is 0. The van der Waals surface area contributed by atoms with Crippen molar-refractivity contribution in [3.63, 3.8) is 0 Å². The van der Waals surface area contributed by atoms with E-state index in [9.17, 15) is 13.0 Å².